The molecule has 3 unspecified atom stereocenters. The van der Waals surface area contributed by atoms with Crippen LogP contribution in [0.15, 0.2) is 67.0 Å². The maximum atomic E-state index is 12.0. The second-order valence-electron chi connectivity index (χ2n) is 6.85. The average molecular weight is 347 g/mol. The predicted molar refractivity (Wildman–Crippen MR) is 102 cm³/mol. The van der Waals surface area contributed by atoms with Gasteiger partial charge in [-0.3, -0.25) is 4.98 Å². The quantitative estimate of drug-likeness (QED) is 0.902. The molecular weight excluding hydrogens is 324 g/mol. The summed E-state index contributed by atoms with van der Waals surface area (Å²) < 4.78 is 0. The topological polar surface area (TPSA) is 65.0 Å². The first-order valence-electron chi connectivity index (χ1n) is 8.77. The van der Waals surface area contributed by atoms with Crippen LogP contribution in [0.3, 0.4) is 0 Å². The fraction of sp³-hybridized carbons (Fsp3) is 0.273. The fourth-order valence-corrected chi connectivity index (χ4v) is 3.62. The largest absolute Gasteiger partial charge is 0.549 e. The number of aryl methyl sites for hydroxylation is 1. The van der Waals surface area contributed by atoms with E-state index in [0.717, 1.165) is 22.4 Å². The van der Waals surface area contributed by atoms with Gasteiger partial charge in [-0.25, -0.2) is 0 Å². The predicted octanol–water partition coefficient (Wildman–Crippen LogP) is 3.14. The van der Waals surface area contributed by atoms with Gasteiger partial charge in [0.1, 0.15) is 0 Å². The van der Waals surface area contributed by atoms with Crippen LogP contribution in [0, 0.1) is 19.8 Å². The summed E-state index contributed by atoms with van der Waals surface area (Å²) in [6.07, 6.45) is 10.8. The lowest BCUT2D eigenvalue weighted by atomic mass is 9.69. The molecule has 2 aromatic rings. The standard InChI is InChI=1S/C22H24N2O2/c1-15-7-6-9-20(16(15)2)24-22(12-5-4-8-19(22)21(25)26)17(3)18-10-13-23-14-11-18/h4-14,17,19,24H,1-3H3,(H,25,26)/p-1. The lowest BCUT2D eigenvalue weighted by Gasteiger charge is -2.45. The number of carbonyl (C=O) groups is 1. The summed E-state index contributed by atoms with van der Waals surface area (Å²) in [6, 6.07) is 9.87. The molecule has 0 spiro atoms. The van der Waals surface area contributed by atoms with Crippen LogP contribution in [-0.2, 0) is 4.79 Å². The lowest BCUT2D eigenvalue weighted by Crippen LogP contribution is -2.54. The number of hydrogen-bond donors (Lipinski definition) is 1. The Kier molecular flexibility index (Phi) is 4.94. The highest BCUT2D eigenvalue weighted by atomic mass is 16.4. The molecule has 0 radical (unpaired) electrons. The summed E-state index contributed by atoms with van der Waals surface area (Å²) in [5, 5.41) is 15.6. The van der Waals surface area contributed by atoms with Crippen LogP contribution < -0.4 is 10.4 Å². The molecule has 134 valence electrons. The third kappa shape index (κ3) is 3.15. The number of aromatic nitrogens is 1. The van der Waals surface area contributed by atoms with Gasteiger partial charge in [0, 0.05) is 29.9 Å². The number of hydrogen-bond acceptors (Lipinski definition) is 4. The zero-order valence-electron chi connectivity index (χ0n) is 15.3. The Hall–Kier alpha value is -2.88. The van der Waals surface area contributed by atoms with E-state index in [1.807, 2.05) is 63.3 Å². The van der Waals surface area contributed by atoms with E-state index in [2.05, 4.69) is 10.3 Å². The minimum atomic E-state index is -1.09. The molecule has 4 heteroatoms. The Morgan fingerprint density at radius 1 is 1.19 bits per heavy atom. The van der Waals surface area contributed by atoms with Gasteiger partial charge in [-0.1, -0.05) is 43.4 Å². The molecule has 0 saturated heterocycles. The number of pyridine rings is 1. The molecule has 1 N–H and O–H groups in total. The van der Waals surface area contributed by atoms with E-state index in [0.29, 0.717) is 0 Å². The third-order valence-electron chi connectivity index (χ3n) is 5.43. The first-order chi connectivity index (χ1) is 12.5. The Morgan fingerprint density at radius 3 is 2.62 bits per heavy atom. The monoisotopic (exact) mass is 347 g/mol. The molecule has 1 aliphatic rings. The number of nitrogens with zero attached hydrogens (tertiary/aromatic N) is 1. The van der Waals surface area contributed by atoms with Crippen molar-refractivity contribution < 1.29 is 9.90 Å². The van der Waals surface area contributed by atoms with Crippen molar-refractivity contribution in [1.29, 1.82) is 0 Å². The van der Waals surface area contributed by atoms with Crippen LogP contribution in [0.1, 0.15) is 29.5 Å². The van der Waals surface area contributed by atoms with Crippen LogP contribution in [-0.4, -0.2) is 16.5 Å². The van der Waals surface area contributed by atoms with E-state index >= 15 is 0 Å². The molecule has 3 atom stereocenters. The maximum absolute atomic E-state index is 12.0. The van der Waals surface area contributed by atoms with Crippen LogP contribution >= 0.6 is 0 Å². The minimum absolute atomic E-state index is 0.116. The van der Waals surface area contributed by atoms with Crippen molar-refractivity contribution in [2.75, 3.05) is 5.32 Å². The summed E-state index contributed by atoms with van der Waals surface area (Å²) in [7, 11) is 0. The highest BCUT2D eigenvalue weighted by Crippen LogP contribution is 2.41. The molecule has 1 aromatic heterocycles. The number of carboxylic acids is 1. The first-order valence-corrected chi connectivity index (χ1v) is 8.77. The zero-order chi connectivity index (χ0) is 18.7. The Labute approximate surface area is 154 Å². The molecule has 1 aromatic carbocycles. The van der Waals surface area contributed by atoms with Gasteiger partial charge in [0.25, 0.3) is 0 Å². The molecule has 1 aliphatic carbocycles. The van der Waals surface area contributed by atoms with Gasteiger partial charge in [-0.05, 0) is 48.7 Å². The summed E-state index contributed by atoms with van der Waals surface area (Å²) >= 11 is 0. The molecule has 3 rings (SSSR count). The van der Waals surface area contributed by atoms with E-state index in [1.54, 1.807) is 24.5 Å². The van der Waals surface area contributed by atoms with Crippen LogP contribution in [0.4, 0.5) is 5.69 Å². The van der Waals surface area contributed by atoms with Crippen molar-refractivity contribution in [2.45, 2.75) is 32.2 Å². The number of benzene rings is 1. The van der Waals surface area contributed by atoms with Gasteiger partial charge in [-0.15, -0.1) is 0 Å². The summed E-state index contributed by atoms with van der Waals surface area (Å²) in [4.78, 5) is 16.1. The number of allylic oxidation sites excluding steroid dienone is 2. The second-order valence-corrected chi connectivity index (χ2v) is 6.85. The molecule has 0 aliphatic heterocycles. The number of aliphatic carboxylic acids is 1. The van der Waals surface area contributed by atoms with E-state index in [9.17, 15) is 9.90 Å². The van der Waals surface area contributed by atoms with Crippen molar-refractivity contribution in [1.82, 2.24) is 4.98 Å². The third-order valence-corrected chi connectivity index (χ3v) is 5.43. The molecule has 4 nitrogen and oxygen atoms in total. The smallest absolute Gasteiger partial charge is 0.0739 e. The number of anilines is 1. The normalized spacial score (nSPS) is 22.8. The van der Waals surface area contributed by atoms with Crippen LogP contribution in [0.5, 0.6) is 0 Å². The highest BCUT2D eigenvalue weighted by molar-refractivity contribution is 5.76. The van der Waals surface area contributed by atoms with E-state index in [4.69, 9.17) is 0 Å². The molecule has 0 saturated carbocycles. The van der Waals surface area contributed by atoms with Gasteiger partial charge in [-0.2, -0.15) is 0 Å². The summed E-state index contributed by atoms with van der Waals surface area (Å²) in [5.41, 5.74) is 3.37. The number of carboxylic acid groups (broad SMARTS) is 1. The van der Waals surface area contributed by atoms with Gasteiger partial charge < -0.3 is 15.2 Å². The highest BCUT2D eigenvalue weighted by Gasteiger charge is 2.43. The summed E-state index contributed by atoms with van der Waals surface area (Å²) in [6.45, 7) is 6.12. The van der Waals surface area contributed by atoms with Crippen molar-refractivity contribution >= 4 is 11.7 Å². The SMILES string of the molecule is Cc1cccc(NC2(C(C)c3ccncc3)C=CC=CC2C(=O)[O-])c1C. The van der Waals surface area contributed by atoms with E-state index in [-0.39, 0.29) is 5.92 Å². The molecule has 0 bridgehead atoms. The number of nitrogens with one attached hydrogen (secondary N) is 1. The lowest BCUT2D eigenvalue weighted by molar-refractivity contribution is -0.311. The Morgan fingerprint density at radius 2 is 1.92 bits per heavy atom. The number of carbonyl (C=O) groups excluding carboxylic acids is 1. The van der Waals surface area contributed by atoms with Crippen LogP contribution in [0.2, 0.25) is 0 Å². The van der Waals surface area contributed by atoms with Crippen molar-refractivity contribution in [2.24, 2.45) is 5.92 Å². The first kappa shape index (κ1) is 17.9. The van der Waals surface area contributed by atoms with Crippen molar-refractivity contribution in [3.8, 4) is 0 Å². The minimum Gasteiger partial charge on any atom is -0.549 e. The van der Waals surface area contributed by atoms with Crippen molar-refractivity contribution in [3.05, 3.63) is 83.7 Å². The van der Waals surface area contributed by atoms with Gasteiger partial charge in [0.2, 0.25) is 0 Å². The fourth-order valence-electron chi connectivity index (χ4n) is 3.62. The van der Waals surface area contributed by atoms with Gasteiger partial charge in [0.15, 0.2) is 0 Å². The second kappa shape index (κ2) is 7.16. The molecule has 1 heterocycles. The molecular formula is C22H23N2O2-. The molecule has 0 amide bonds. The zero-order valence-corrected chi connectivity index (χ0v) is 15.3. The van der Waals surface area contributed by atoms with E-state index < -0.39 is 17.4 Å². The van der Waals surface area contributed by atoms with Crippen molar-refractivity contribution in [3.63, 3.8) is 0 Å². The van der Waals surface area contributed by atoms with Crippen LogP contribution in [0.25, 0.3) is 0 Å². The Bertz CT molecular complexity index is 858. The average Bonchev–Trinajstić information content (AvgIpc) is 2.65. The molecule has 0 fully saturated rings. The Balaban J connectivity index is 2.13. The van der Waals surface area contributed by atoms with E-state index in [1.165, 1.54) is 0 Å². The van der Waals surface area contributed by atoms with Gasteiger partial charge in [0.05, 0.1) is 11.5 Å². The number of rotatable bonds is 5. The maximum Gasteiger partial charge on any atom is 0.0739 e. The van der Waals surface area contributed by atoms with Gasteiger partial charge >= 0.3 is 0 Å². The molecule has 26 heavy (non-hydrogen) atoms. The summed E-state index contributed by atoms with van der Waals surface area (Å²) in [5.74, 6) is -2.01.